The van der Waals surface area contributed by atoms with Crippen LogP contribution in [0.15, 0.2) is 12.1 Å². The van der Waals surface area contributed by atoms with Crippen LogP contribution < -0.4 is 5.32 Å². The van der Waals surface area contributed by atoms with E-state index in [9.17, 15) is 13.2 Å². The molecule has 1 atom stereocenters. The molecule has 1 heterocycles. The first-order valence-electron chi connectivity index (χ1n) is 7.72. The van der Waals surface area contributed by atoms with Gasteiger partial charge in [0.25, 0.3) is 0 Å². The van der Waals surface area contributed by atoms with E-state index < -0.39 is 17.5 Å². The van der Waals surface area contributed by atoms with Crippen LogP contribution in [0.3, 0.4) is 0 Å². The molecule has 134 valence electrons. The largest absolute Gasteiger partial charge is 0.314 e. The summed E-state index contributed by atoms with van der Waals surface area (Å²) in [5.41, 5.74) is 0.284. The Balaban J connectivity index is 0.00000242. The Bertz CT molecular complexity index is 469. The molecule has 0 aliphatic carbocycles. The van der Waals surface area contributed by atoms with Gasteiger partial charge in [0.15, 0.2) is 11.6 Å². The number of rotatable bonds is 6. The Hall–Kier alpha value is -0.490. The van der Waals surface area contributed by atoms with Crippen molar-refractivity contribution in [3.05, 3.63) is 35.1 Å². The van der Waals surface area contributed by atoms with Gasteiger partial charge in [-0.2, -0.15) is 0 Å². The van der Waals surface area contributed by atoms with Crippen LogP contribution in [0.1, 0.15) is 44.2 Å². The Morgan fingerprint density at radius 2 is 1.61 bits per heavy atom. The highest BCUT2D eigenvalue weighted by atomic mass is 35.5. The average Bonchev–Trinajstić information content (AvgIpc) is 2.49. The van der Waals surface area contributed by atoms with Crippen molar-refractivity contribution < 1.29 is 13.2 Å². The third kappa shape index (κ3) is 6.14. The predicted octanol–water partition coefficient (Wildman–Crippen LogP) is 4.47. The van der Waals surface area contributed by atoms with E-state index in [-0.39, 0.29) is 36.4 Å². The van der Waals surface area contributed by atoms with E-state index in [0.29, 0.717) is 6.07 Å². The van der Waals surface area contributed by atoms with Crippen molar-refractivity contribution in [1.82, 2.24) is 10.2 Å². The topological polar surface area (TPSA) is 15.3 Å². The van der Waals surface area contributed by atoms with Gasteiger partial charge < -0.3 is 5.32 Å². The number of nitrogens with zero attached hydrogens (tertiary/aromatic N) is 1. The molecule has 0 aromatic heterocycles. The van der Waals surface area contributed by atoms with Gasteiger partial charge in [0.2, 0.25) is 0 Å². The maximum atomic E-state index is 14.1. The number of halogens is 5. The summed E-state index contributed by atoms with van der Waals surface area (Å²) in [5, 5.41) is 3.25. The Labute approximate surface area is 148 Å². The molecule has 7 heteroatoms. The third-order valence-electron chi connectivity index (χ3n) is 4.07. The van der Waals surface area contributed by atoms with Crippen molar-refractivity contribution in [1.29, 1.82) is 0 Å². The average molecular weight is 373 g/mol. The highest BCUT2D eigenvalue weighted by Crippen LogP contribution is 2.30. The van der Waals surface area contributed by atoms with Crippen molar-refractivity contribution in [3.63, 3.8) is 0 Å². The molecule has 1 saturated heterocycles. The van der Waals surface area contributed by atoms with Crippen LogP contribution in [0.25, 0.3) is 0 Å². The fourth-order valence-electron chi connectivity index (χ4n) is 2.91. The summed E-state index contributed by atoms with van der Waals surface area (Å²) in [4.78, 5) is 2.17. The van der Waals surface area contributed by atoms with Gasteiger partial charge >= 0.3 is 0 Å². The van der Waals surface area contributed by atoms with Crippen molar-refractivity contribution >= 4 is 24.8 Å². The predicted molar refractivity (Wildman–Crippen MR) is 92.1 cm³/mol. The van der Waals surface area contributed by atoms with E-state index >= 15 is 0 Å². The molecule has 0 bridgehead atoms. The van der Waals surface area contributed by atoms with E-state index in [4.69, 9.17) is 0 Å². The Morgan fingerprint density at radius 1 is 1.00 bits per heavy atom. The zero-order valence-electron chi connectivity index (χ0n) is 13.3. The second kappa shape index (κ2) is 11.1. The van der Waals surface area contributed by atoms with Crippen molar-refractivity contribution in [3.8, 4) is 0 Å². The lowest BCUT2D eigenvalue weighted by molar-refractivity contribution is 0.159. The van der Waals surface area contributed by atoms with Crippen LogP contribution in [0.5, 0.6) is 0 Å². The van der Waals surface area contributed by atoms with Gasteiger partial charge in [0, 0.05) is 43.9 Å². The summed E-state index contributed by atoms with van der Waals surface area (Å²) < 4.78 is 40.7. The SMILES string of the molecule is CCCCC[C@H](c1cc(F)c(F)cc1F)N1CCNCC1.Cl.Cl. The number of hydrogen-bond donors (Lipinski definition) is 1. The molecule has 0 unspecified atom stereocenters. The molecule has 0 spiro atoms. The maximum absolute atomic E-state index is 14.1. The molecular weight excluding hydrogens is 348 g/mol. The summed E-state index contributed by atoms with van der Waals surface area (Å²) in [7, 11) is 0. The fourth-order valence-corrected chi connectivity index (χ4v) is 2.91. The number of hydrogen-bond acceptors (Lipinski definition) is 2. The van der Waals surface area contributed by atoms with Crippen molar-refractivity contribution in [2.45, 2.75) is 38.6 Å². The molecule has 1 aliphatic rings. The third-order valence-corrected chi connectivity index (χ3v) is 4.07. The van der Waals surface area contributed by atoms with Crippen LogP contribution in [0.4, 0.5) is 13.2 Å². The molecule has 2 nitrogen and oxygen atoms in total. The molecule has 1 N–H and O–H groups in total. The lowest BCUT2D eigenvalue weighted by Gasteiger charge is -2.35. The molecule has 0 saturated carbocycles. The molecule has 0 amide bonds. The minimum Gasteiger partial charge on any atom is -0.314 e. The van der Waals surface area contributed by atoms with Crippen LogP contribution in [0, 0.1) is 17.5 Å². The number of benzene rings is 1. The van der Waals surface area contributed by atoms with Crippen LogP contribution in [-0.2, 0) is 0 Å². The molecule has 2 rings (SSSR count). The zero-order valence-corrected chi connectivity index (χ0v) is 14.9. The molecule has 1 aliphatic heterocycles. The van der Waals surface area contributed by atoms with Gasteiger partial charge in [-0.05, 0) is 12.5 Å². The van der Waals surface area contributed by atoms with E-state index in [1.165, 1.54) is 0 Å². The van der Waals surface area contributed by atoms with Crippen LogP contribution in [-0.4, -0.2) is 31.1 Å². The molecular formula is C16H25Cl2F3N2. The maximum Gasteiger partial charge on any atom is 0.161 e. The number of nitrogens with one attached hydrogen (secondary N) is 1. The van der Waals surface area contributed by atoms with E-state index in [1.807, 2.05) is 0 Å². The van der Waals surface area contributed by atoms with Crippen LogP contribution in [0.2, 0.25) is 0 Å². The zero-order chi connectivity index (χ0) is 15.2. The standard InChI is InChI=1S/C16H23F3N2.2ClH/c1-2-3-4-5-16(21-8-6-20-7-9-21)12-10-14(18)15(19)11-13(12)17;;/h10-11,16,20H,2-9H2,1H3;2*1H/t16-;;/m1../s1. The molecule has 0 radical (unpaired) electrons. The minimum atomic E-state index is -1.12. The monoisotopic (exact) mass is 372 g/mol. The number of unbranched alkanes of at least 4 members (excludes halogenated alkanes) is 2. The summed E-state index contributed by atoms with van der Waals surface area (Å²) in [6.45, 7) is 5.40. The van der Waals surface area contributed by atoms with Gasteiger partial charge in [-0.3, -0.25) is 4.90 Å². The fraction of sp³-hybridized carbons (Fsp3) is 0.625. The van der Waals surface area contributed by atoms with Gasteiger partial charge in [0.05, 0.1) is 0 Å². The first-order chi connectivity index (χ1) is 10.1. The number of piperazine rings is 1. The van der Waals surface area contributed by atoms with E-state index in [1.54, 1.807) is 0 Å². The van der Waals surface area contributed by atoms with Gasteiger partial charge in [-0.15, -0.1) is 24.8 Å². The first kappa shape index (κ1) is 22.5. The van der Waals surface area contributed by atoms with E-state index in [2.05, 4.69) is 17.1 Å². The van der Waals surface area contributed by atoms with Crippen molar-refractivity contribution in [2.75, 3.05) is 26.2 Å². The Kier molecular flexibility index (Phi) is 10.9. The molecule has 1 fully saturated rings. The molecule has 1 aromatic rings. The van der Waals surface area contributed by atoms with Crippen molar-refractivity contribution in [2.24, 2.45) is 0 Å². The van der Waals surface area contributed by atoms with Gasteiger partial charge in [0.1, 0.15) is 5.82 Å². The van der Waals surface area contributed by atoms with Gasteiger partial charge in [-0.25, -0.2) is 13.2 Å². The summed E-state index contributed by atoms with van der Waals surface area (Å²) >= 11 is 0. The lowest BCUT2D eigenvalue weighted by Crippen LogP contribution is -2.45. The van der Waals surface area contributed by atoms with Crippen LogP contribution >= 0.6 is 24.8 Å². The lowest BCUT2D eigenvalue weighted by atomic mass is 9.97. The highest BCUT2D eigenvalue weighted by Gasteiger charge is 2.25. The van der Waals surface area contributed by atoms with E-state index in [0.717, 1.165) is 57.9 Å². The first-order valence-corrected chi connectivity index (χ1v) is 7.72. The molecule has 23 heavy (non-hydrogen) atoms. The van der Waals surface area contributed by atoms with Gasteiger partial charge in [-0.1, -0.05) is 26.2 Å². The second-order valence-corrected chi connectivity index (χ2v) is 5.59. The quantitative estimate of drug-likeness (QED) is 0.585. The second-order valence-electron chi connectivity index (χ2n) is 5.59. The smallest absolute Gasteiger partial charge is 0.161 e. The normalized spacial score (nSPS) is 16.3. The highest BCUT2D eigenvalue weighted by molar-refractivity contribution is 5.85. The molecule has 1 aromatic carbocycles. The Morgan fingerprint density at radius 3 is 2.22 bits per heavy atom. The minimum absolute atomic E-state index is 0. The summed E-state index contributed by atoms with van der Waals surface area (Å²) in [6.07, 6.45) is 3.88. The summed E-state index contributed by atoms with van der Waals surface area (Å²) in [5.74, 6) is -2.74. The summed E-state index contributed by atoms with van der Waals surface area (Å²) in [6, 6.07) is 1.52.